The predicted octanol–water partition coefficient (Wildman–Crippen LogP) is 3.88. The lowest BCUT2D eigenvalue weighted by atomic mass is 10.2. The molecule has 2 aromatic carbocycles. The molecule has 3 rings (SSSR count). The lowest BCUT2D eigenvalue weighted by Crippen LogP contribution is -2.17. The van der Waals surface area contributed by atoms with E-state index in [0.29, 0.717) is 15.9 Å². The molecule has 1 amide bonds. The number of carbonyl (C=O) groups excluding carboxylic acids is 1. The Hall–Kier alpha value is -3.30. The number of nitrogen functional groups attached to an aromatic ring is 1. The van der Waals surface area contributed by atoms with Gasteiger partial charge in [0.1, 0.15) is 0 Å². The van der Waals surface area contributed by atoms with Crippen LogP contribution in [0.1, 0.15) is 12.5 Å². The number of anilines is 2. The number of nitrogens with one attached hydrogen (secondary N) is 2. The average molecular weight is 442 g/mol. The molecular formula is C20H20ClN7OS. The maximum atomic E-state index is 12.1. The summed E-state index contributed by atoms with van der Waals surface area (Å²) in [6, 6.07) is 16.9. The molecule has 0 fully saturated rings. The highest BCUT2D eigenvalue weighted by molar-refractivity contribution is 7.99. The number of nitrogens with two attached hydrogens (primary N) is 1. The van der Waals surface area contributed by atoms with Gasteiger partial charge < -0.3 is 11.2 Å². The Kier molecular flexibility index (Phi) is 7.47. The number of aromatic nitrogens is 3. The first-order valence-electron chi connectivity index (χ1n) is 8.94. The van der Waals surface area contributed by atoms with Crippen LogP contribution in [-0.4, -0.2) is 32.2 Å². The predicted molar refractivity (Wildman–Crippen MR) is 123 cm³/mol. The Bertz CT molecular complexity index is 1070. The van der Waals surface area contributed by atoms with Gasteiger partial charge in [0.25, 0.3) is 5.95 Å². The molecule has 3 aromatic rings. The second-order valence-electron chi connectivity index (χ2n) is 6.10. The third-order valence-corrected chi connectivity index (χ3v) is 5.07. The highest BCUT2D eigenvalue weighted by Crippen LogP contribution is 2.22. The number of para-hydroxylation sites is 1. The van der Waals surface area contributed by atoms with Crippen LogP contribution >= 0.6 is 23.4 Å². The summed E-state index contributed by atoms with van der Waals surface area (Å²) in [7, 11) is 0. The van der Waals surface area contributed by atoms with E-state index >= 15 is 0 Å². The van der Waals surface area contributed by atoms with Gasteiger partial charge in [-0.1, -0.05) is 71.9 Å². The molecule has 0 spiro atoms. The van der Waals surface area contributed by atoms with Crippen LogP contribution in [0.15, 0.2) is 70.9 Å². The van der Waals surface area contributed by atoms with Gasteiger partial charge in [-0.3, -0.25) is 4.79 Å². The highest BCUT2D eigenvalue weighted by Gasteiger charge is 2.12. The van der Waals surface area contributed by atoms with Crippen LogP contribution in [0.25, 0.3) is 6.08 Å². The Morgan fingerprint density at radius 2 is 1.93 bits per heavy atom. The molecule has 1 heterocycles. The molecule has 0 radical (unpaired) electrons. The summed E-state index contributed by atoms with van der Waals surface area (Å²) in [6.07, 6.45) is 3.82. The maximum Gasteiger partial charge on any atom is 0.264 e. The van der Waals surface area contributed by atoms with Gasteiger partial charge in [0.15, 0.2) is 0 Å². The normalized spacial score (nSPS) is 11.6. The molecule has 0 aliphatic rings. The van der Waals surface area contributed by atoms with Crippen molar-refractivity contribution in [3.8, 4) is 0 Å². The number of amides is 1. The zero-order valence-corrected chi connectivity index (χ0v) is 17.7. The Balaban J connectivity index is 1.53. The van der Waals surface area contributed by atoms with Gasteiger partial charge in [-0.25, -0.2) is 10.1 Å². The van der Waals surface area contributed by atoms with E-state index in [9.17, 15) is 4.79 Å². The fraction of sp³-hybridized carbons (Fsp3) is 0.100. The van der Waals surface area contributed by atoms with Crippen molar-refractivity contribution in [3.63, 3.8) is 0 Å². The summed E-state index contributed by atoms with van der Waals surface area (Å²) >= 11 is 7.19. The van der Waals surface area contributed by atoms with Gasteiger partial charge >= 0.3 is 0 Å². The van der Waals surface area contributed by atoms with Crippen molar-refractivity contribution in [1.29, 1.82) is 0 Å². The fourth-order valence-electron chi connectivity index (χ4n) is 2.29. The van der Waals surface area contributed by atoms with E-state index in [4.69, 9.17) is 17.4 Å². The fourth-order valence-corrected chi connectivity index (χ4v) is 3.13. The van der Waals surface area contributed by atoms with Crippen LogP contribution in [0.5, 0.6) is 0 Å². The van der Waals surface area contributed by atoms with Gasteiger partial charge in [-0.15, -0.1) is 10.2 Å². The molecule has 0 aliphatic carbocycles. The van der Waals surface area contributed by atoms with Gasteiger partial charge in [0, 0.05) is 0 Å². The van der Waals surface area contributed by atoms with E-state index in [1.165, 1.54) is 4.68 Å². The number of nitrogens with zero attached hydrogens (tertiary/aromatic N) is 4. The number of carbonyl (C=O) groups is 1. The third-order valence-electron chi connectivity index (χ3n) is 3.79. The maximum absolute atomic E-state index is 12.1. The van der Waals surface area contributed by atoms with Gasteiger partial charge in [-0.05, 0) is 30.7 Å². The minimum absolute atomic E-state index is 0.0999. The van der Waals surface area contributed by atoms with E-state index in [1.54, 1.807) is 24.3 Å². The monoisotopic (exact) mass is 441 g/mol. The molecule has 0 bridgehead atoms. The summed E-state index contributed by atoms with van der Waals surface area (Å²) in [5.41, 5.74) is 5.13. The van der Waals surface area contributed by atoms with Crippen molar-refractivity contribution in [2.24, 2.45) is 5.10 Å². The molecule has 30 heavy (non-hydrogen) atoms. The summed E-state index contributed by atoms with van der Waals surface area (Å²) < 4.78 is 1.24. The van der Waals surface area contributed by atoms with Crippen LogP contribution in [0.2, 0.25) is 5.02 Å². The average Bonchev–Trinajstić information content (AvgIpc) is 3.11. The zero-order chi connectivity index (χ0) is 21.3. The number of hydrogen-bond acceptors (Lipinski definition) is 7. The van der Waals surface area contributed by atoms with Crippen LogP contribution in [0, 0.1) is 0 Å². The van der Waals surface area contributed by atoms with Crippen LogP contribution in [0.3, 0.4) is 0 Å². The first-order valence-corrected chi connectivity index (χ1v) is 10.3. The van der Waals surface area contributed by atoms with Crippen LogP contribution in [0.4, 0.5) is 11.6 Å². The molecule has 8 nitrogen and oxygen atoms in total. The number of hydrogen-bond donors (Lipinski definition) is 3. The topological polar surface area (TPSA) is 110 Å². The summed E-state index contributed by atoms with van der Waals surface area (Å²) in [5, 5.41) is 15.7. The lowest BCUT2D eigenvalue weighted by molar-refractivity contribution is -0.113. The Labute approximate surface area is 183 Å². The van der Waals surface area contributed by atoms with Gasteiger partial charge in [-0.2, -0.15) is 5.10 Å². The van der Waals surface area contributed by atoms with E-state index in [1.807, 2.05) is 49.4 Å². The Morgan fingerprint density at radius 3 is 2.70 bits per heavy atom. The minimum Gasteiger partial charge on any atom is -0.334 e. The number of halogens is 1. The Morgan fingerprint density at radius 1 is 1.20 bits per heavy atom. The van der Waals surface area contributed by atoms with Crippen molar-refractivity contribution in [2.75, 3.05) is 22.3 Å². The first-order chi connectivity index (χ1) is 14.5. The standard InChI is InChI=1S/C20H20ClN7OS/c1-14(11-12-15-7-3-2-4-8-15)24-25-19-26-27-20(28(19)22)30-13-18(29)23-17-10-6-5-9-16(17)21/h2-12H,13,22H2,1H3,(H,23,29)(H,25,26)/b12-11+,24-14+. The lowest BCUT2D eigenvalue weighted by Gasteiger charge is -2.06. The molecule has 0 unspecified atom stereocenters. The third kappa shape index (κ3) is 6.10. The summed E-state index contributed by atoms with van der Waals surface area (Å²) in [5.74, 6) is 6.12. The molecule has 154 valence electrons. The number of benzene rings is 2. The molecule has 0 atom stereocenters. The second kappa shape index (κ2) is 10.5. The smallest absolute Gasteiger partial charge is 0.264 e. The van der Waals surface area contributed by atoms with Crippen LogP contribution in [-0.2, 0) is 4.79 Å². The number of hydrazone groups is 1. The number of allylic oxidation sites excluding steroid dienone is 1. The summed E-state index contributed by atoms with van der Waals surface area (Å²) in [4.78, 5) is 12.1. The molecule has 10 heteroatoms. The molecular weight excluding hydrogens is 422 g/mol. The van der Waals surface area contributed by atoms with Crippen molar-refractivity contribution in [1.82, 2.24) is 14.9 Å². The summed E-state index contributed by atoms with van der Waals surface area (Å²) in [6.45, 7) is 1.85. The first kappa shape index (κ1) is 21.4. The van der Waals surface area contributed by atoms with Gasteiger partial charge in [0.2, 0.25) is 11.1 Å². The number of thioether (sulfide) groups is 1. The largest absolute Gasteiger partial charge is 0.334 e. The molecule has 0 saturated carbocycles. The van der Waals surface area contributed by atoms with Crippen molar-refractivity contribution in [2.45, 2.75) is 12.1 Å². The van der Waals surface area contributed by atoms with E-state index in [2.05, 4.69) is 26.0 Å². The van der Waals surface area contributed by atoms with E-state index in [0.717, 1.165) is 23.0 Å². The molecule has 4 N–H and O–H groups in total. The molecule has 1 aromatic heterocycles. The van der Waals surface area contributed by atoms with Gasteiger partial charge in [0.05, 0.1) is 22.2 Å². The van der Waals surface area contributed by atoms with E-state index in [-0.39, 0.29) is 17.6 Å². The van der Waals surface area contributed by atoms with Crippen molar-refractivity contribution < 1.29 is 4.79 Å². The van der Waals surface area contributed by atoms with Crippen molar-refractivity contribution >= 4 is 52.7 Å². The van der Waals surface area contributed by atoms with E-state index < -0.39 is 0 Å². The van der Waals surface area contributed by atoms with Crippen LogP contribution < -0.4 is 16.6 Å². The molecule has 0 aliphatic heterocycles. The molecule has 0 saturated heterocycles. The SMILES string of the molecule is CC(/C=C/c1ccccc1)=N\Nc1nnc(SCC(=O)Nc2ccccc2Cl)n1N. The minimum atomic E-state index is -0.231. The second-order valence-corrected chi connectivity index (χ2v) is 7.45. The zero-order valence-electron chi connectivity index (χ0n) is 16.1. The highest BCUT2D eigenvalue weighted by atomic mass is 35.5. The van der Waals surface area contributed by atoms with Crippen molar-refractivity contribution in [3.05, 3.63) is 71.3 Å². The number of rotatable bonds is 8. The quantitative estimate of drug-likeness (QED) is 0.212.